The van der Waals surface area contributed by atoms with Crippen LogP contribution in [0.5, 0.6) is 11.5 Å². The van der Waals surface area contributed by atoms with Crippen LogP contribution in [-0.2, 0) is 11.2 Å². The van der Waals surface area contributed by atoms with E-state index in [1.165, 1.54) is 48.5 Å². The normalized spacial score (nSPS) is 8.59. The number of hydrogen-bond donors (Lipinski definition) is 4. The molecule has 0 aliphatic heterocycles. The summed E-state index contributed by atoms with van der Waals surface area (Å²) in [7, 11) is 0. The number of carboxylic acid groups (broad SMARTS) is 3. The molecule has 0 amide bonds. The van der Waals surface area contributed by atoms with E-state index >= 15 is 0 Å². The Hall–Kier alpha value is -4.12. The second-order valence-electron chi connectivity index (χ2n) is 7.55. The molecule has 44 heavy (non-hydrogen) atoms. The number of carboxylic acids is 3. The SMILES string of the molecule is O.O.O.O.O=C(O)Cc1ccccc1Nc1c(Cl)cccc1Cl.O=C(O)c1ccccc1[O-].O=C(O)c1ccccc1[O-].[Mg+2]. The van der Waals surface area contributed by atoms with Crippen LogP contribution in [0, 0.1) is 0 Å². The Labute approximate surface area is 277 Å². The first-order chi connectivity index (χ1) is 18.5. The molecule has 0 unspecified atom stereocenters. The molecule has 0 radical (unpaired) electrons. The van der Waals surface area contributed by atoms with Crippen molar-refractivity contribution >= 4 is 75.5 Å². The Bertz CT molecular complexity index is 1400. The molecule has 0 spiro atoms. The number of nitrogens with one attached hydrogen (secondary N) is 1. The van der Waals surface area contributed by atoms with Gasteiger partial charge in [0.05, 0.1) is 33.3 Å². The molecule has 0 atom stereocenters. The summed E-state index contributed by atoms with van der Waals surface area (Å²) < 4.78 is 0. The fourth-order valence-electron chi connectivity index (χ4n) is 3.00. The quantitative estimate of drug-likeness (QED) is 0.217. The average Bonchev–Trinajstić information content (AvgIpc) is 2.88. The van der Waals surface area contributed by atoms with Crippen LogP contribution >= 0.6 is 23.2 Å². The van der Waals surface area contributed by atoms with E-state index in [1.54, 1.807) is 36.4 Å². The number of rotatable bonds is 6. The van der Waals surface area contributed by atoms with Gasteiger partial charge in [0.1, 0.15) is 0 Å². The predicted octanol–water partition coefficient (Wildman–Crippen LogP) is 1.60. The smallest absolute Gasteiger partial charge is 0.872 e. The first kappa shape index (κ1) is 46.8. The van der Waals surface area contributed by atoms with Crippen molar-refractivity contribution in [2.24, 2.45) is 0 Å². The van der Waals surface area contributed by atoms with E-state index in [1.807, 2.05) is 6.07 Å². The van der Waals surface area contributed by atoms with Crippen molar-refractivity contribution in [3.63, 3.8) is 0 Å². The van der Waals surface area contributed by atoms with E-state index < -0.39 is 29.4 Å². The molecule has 0 saturated carbocycles. The first-order valence-corrected chi connectivity index (χ1v) is 11.8. The summed E-state index contributed by atoms with van der Waals surface area (Å²) in [6.45, 7) is 0. The van der Waals surface area contributed by atoms with Gasteiger partial charge < -0.3 is 52.8 Å². The molecular formula is C28H29Cl2MgNO12. The number of halogens is 2. The van der Waals surface area contributed by atoms with E-state index in [2.05, 4.69) is 5.32 Å². The number of carbonyl (C=O) groups is 3. The average molecular weight is 667 g/mol. The van der Waals surface area contributed by atoms with Gasteiger partial charge in [-0.25, -0.2) is 9.59 Å². The molecule has 0 fully saturated rings. The molecule has 0 aromatic heterocycles. The van der Waals surface area contributed by atoms with Crippen LogP contribution in [-0.4, -0.2) is 78.2 Å². The monoisotopic (exact) mass is 665 g/mol. The van der Waals surface area contributed by atoms with Crippen molar-refractivity contribution < 1.29 is 61.8 Å². The topological polar surface area (TPSA) is 296 Å². The largest absolute Gasteiger partial charge is 2.00 e. The minimum atomic E-state index is -1.18. The molecule has 13 nitrogen and oxygen atoms in total. The molecule has 16 heteroatoms. The second kappa shape index (κ2) is 23.3. The standard InChI is InChI=1S/C14H11Cl2NO2.2C7H6O3.Mg.4H2O/c15-10-5-3-6-11(16)14(10)17-12-7-2-1-4-9(12)8-13(18)19;2*8-6-4-2-1-3-5(6)7(9)10;;;;;/h1-7,17H,8H2,(H,18,19);2*1-4,8H,(H,9,10);;4*1H2/q;;;+2;;;;/p-2. The van der Waals surface area contributed by atoms with E-state index in [9.17, 15) is 24.6 Å². The van der Waals surface area contributed by atoms with E-state index in [0.717, 1.165) is 0 Å². The number of aromatic carboxylic acids is 2. The minimum Gasteiger partial charge on any atom is -0.872 e. The van der Waals surface area contributed by atoms with Gasteiger partial charge in [-0.15, -0.1) is 0 Å². The van der Waals surface area contributed by atoms with Gasteiger partial charge in [-0.05, 0) is 35.9 Å². The van der Waals surface area contributed by atoms with Gasteiger partial charge >= 0.3 is 41.0 Å². The van der Waals surface area contributed by atoms with Crippen LogP contribution in [0.2, 0.25) is 10.0 Å². The number of benzene rings is 4. The molecular weight excluding hydrogens is 638 g/mol. The van der Waals surface area contributed by atoms with Gasteiger partial charge in [-0.1, -0.05) is 95.4 Å². The molecule has 4 rings (SSSR count). The van der Waals surface area contributed by atoms with Crippen LogP contribution < -0.4 is 15.5 Å². The van der Waals surface area contributed by atoms with Crippen molar-refractivity contribution in [2.45, 2.75) is 6.42 Å². The van der Waals surface area contributed by atoms with Crippen molar-refractivity contribution in [1.82, 2.24) is 0 Å². The molecule has 4 aromatic carbocycles. The summed E-state index contributed by atoms with van der Waals surface area (Å²) in [5.74, 6) is -4.14. The number of aliphatic carboxylic acids is 1. The first-order valence-electron chi connectivity index (χ1n) is 11.0. The zero-order valence-electron chi connectivity index (χ0n) is 22.7. The van der Waals surface area contributed by atoms with Crippen LogP contribution in [0.3, 0.4) is 0 Å². The van der Waals surface area contributed by atoms with Crippen molar-refractivity contribution in [3.05, 3.63) is 118 Å². The third kappa shape index (κ3) is 14.9. The van der Waals surface area contributed by atoms with Crippen LogP contribution in [0.1, 0.15) is 26.3 Å². The zero-order chi connectivity index (χ0) is 28.9. The van der Waals surface area contributed by atoms with Crippen molar-refractivity contribution in [1.29, 1.82) is 0 Å². The van der Waals surface area contributed by atoms with Gasteiger partial charge in [-0.3, -0.25) is 4.79 Å². The Morgan fingerprint density at radius 3 is 1.36 bits per heavy atom. The number of anilines is 2. The zero-order valence-corrected chi connectivity index (χ0v) is 25.6. The van der Waals surface area contributed by atoms with Gasteiger partial charge in [-0.2, -0.15) is 0 Å². The third-order valence-electron chi connectivity index (χ3n) is 4.82. The molecule has 12 N–H and O–H groups in total. The van der Waals surface area contributed by atoms with E-state index in [-0.39, 0.29) is 62.5 Å². The Balaban J connectivity index is -0.000000278. The Morgan fingerprint density at radius 2 is 1.00 bits per heavy atom. The summed E-state index contributed by atoms with van der Waals surface area (Å²) in [4.78, 5) is 31.3. The maximum absolute atomic E-state index is 10.8. The summed E-state index contributed by atoms with van der Waals surface area (Å²) >= 11 is 12.1. The van der Waals surface area contributed by atoms with Crippen molar-refractivity contribution in [3.8, 4) is 11.5 Å². The summed E-state index contributed by atoms with van der Waals surface area (Å²) in [5.41, 5.74) is 1.57. The molecule has 0 aliphatic carbocycles. The number of para-hydroxylation sites is 4. The summed E-state index contributed by atoms with van der Waals surface area (Å²) in [6, 6.07) is 23.4. The minimum absolute atomic E-state index is 0. The molecule has 4 aromatic rings. The molecule has 0 aliphatic rings. The Kier molecular flexibility index (Phi) is 24.8. The second-order valence-corrected chi connectivity index (χ2v) is 8.37. The van der Waals surface area contributed by atoms with Gasteiger partial charge in [0, 0.05) is 5.69 Å². The van der Waals surface area contributed by atoms with Gasteiger partial charge in [0.15, 0.2) is 0 Å². The summed E-state index contributed by atoms with van der Waals surface area (Å²) in [5, 5.41) is 51.0. The molecule has 0 heterocycles. The van der Waals surface area contributed by atoms with Crippen molar-refractivity contribution in [2.75, 3.05) is 5.32 Å². The third-order valence-corrected chi connectivity index (χ3v) is 5.45. The van der Waals surface area contributed by atoms with E-state index in [0.29, 0.717) is 27.0 Å². The van der Waals surface area contributed by atoms with Gasteiger partial charge in [0.25, 0.3) is 0 Å². The molecule has 0 saturated heterocycles. The van der Waals surface area contributed by atoms with Crippen LogP contribution in [0.4, 0.5) is 11.4 Å². The predicted molar refractivity (Wildman–Crippen MR) is 163 cm³/mol. The fraction of sp³-hybridized carbons (Fsp3) is 0.0357. The number of hydrogen-bond acceptors (Lipinski definition) is 6. The Morgan fingerprint density at radius 1 is 0.614 bits per heavy atom. The summed E-state index contributed by atoms with van der Waals surface area (Å²) in [6.07, 6.45) is -0.0642. The van der Waals surface area contributed by atoms with Gasteiger partial charge in [0.2, 0.25) is 0 Å². The fourth-order valence-corrected chi connectivity index (χ4v) is 3.49. The van der Waals surface area contributed by atoms with E-state index in [4.69, 9.17) is 38.5 Å². The maximum Gasteiger partial charge on any atom is 2.00 e. The van der Waals surface area contributed by atoms with Crippen LogP contribution in [0.15, 0.2) is 91.0 Å². The molecule has 234 valence electrons. The van der Waals surface area contributed by atoms with Crippen LogP contribution in [0.25, 0.3) is 0 Å². The maximum atomic E-state index is 10.8. The molecule has 0 bridgehead atoms.